The van der Waals surface area contributed by atoms with Crippen molar-refractivity contribution in [2.75, 3.05) is 0 Å². The van der Waals surface area contributed by atoms with E-state index in [0.29, 0.717) is 11.5 Å². The van der Waals surface area contributed by atoms with Crippen LogP contribution in [0.4, 0.5) is 8.78 Å². The van der Waals surface area contributed by atoms with Crippen LogP contribution >= 0.6 is 0 Å². The molecule has 0 nitrogen and oxygen atoms in total. The second-order valence-electron chi connectivity index (χ2n) is 6.75. The van der Waals surface area contributed by atoms with Crippen LogP contribution in [0.5, 0.6) is 0 Å². The summed E-state index contributed by atoms with van der Waals surface area (Å²) in [5.41, 5.74) is 2.39. The van der Waals surface area contributed by atoms with Crippen molar-refractivity contribution in [3.63, 3.8) is 0 Å². The van der Waals surface area contributed by atoms with Gasteiger partial charge in [-0.1, -0.05) is 44.0 Å². The molecule has 3 rings (SSSR count). The van der Waals surface area contributed by atoms with Gasteiger partial charge < -0.3 is 0 Å². The average Bonchev–Trinajstić information content (AvgIpc) is 2.57. The monoisotopic (exact) mass is 314 g/mol. The molecule has 1 aliphatic rings. The van der Waals surface area contributed by atoms with Crippen LogP contribution in [0.25, 0.3) is 11.1 Å². The first-order chi connectivity index (χ1) is 11.2. The topological polar surface area (TPSA) is 0 Å². The summed E-state index contributed by atoms with van der Waals surface area (Å²) in [5, 5.41) is 0. The summed E-state index contributed by atoms with van der Waals surface area (Å²) in [6, 6.07) is 11.6. The molecule has 2 heteroatoms. The molecule has 0 N–H and O–H groups in total. The molecular weight excluding hydrogens is 290 g/mol. The van der Waals surface area contributed by atoms with E-state index >= 15 is 0 Å². The number of halogens is 2. The molecule has 0 aromatic heterocycles. The Morgan fingerprint density at radius 1 is 0.913 bits per heavy atom. The van der Waals surface area contributed by atoms with Crippen LogP contribution in [0, 0.1) is 17.6 Å². The van der Waals surface area contributed by atoms with Crippen LogP contribution in [-0.4, -0.2) is 0 Å². The summed E-state index contributed by atoms with van der Waals surface area (Å²) in [4.78, 5) is 0. The Hall–Kier alpha value is -1.70. The molecule has 0 spiro atoms. The van der Waals surface area contributed by atoms with Crippen molar-refractivity contribution in [1.29, 1.82) is 0 Å². The SMILES string of the molecule is CCC[C@H]1CC[C@H](c2ccc(-c3ccc(F)cc3)c(F)c2)CC1. The lowest BCUT2D eigenvalue weighted by atomic mass is 9.77. The molecule has 23 heavy (non-hydrogen) atoms. The van der Waals surface area contributed by atoms with Gasteiger partial charge in [0.15, 0.2) is 0 Å². The van der Waals surface area contributed by atoms with Gasteiger partial charge in [0.25, 0.3) is 0 Å². The highest BCUT2D eigenvalue weighted by atomic mass is 19.1. The molecule has 0 radical (unpaired) electrons. The Morgan fingerprint density at radius 3 is 2.22 bits per heavy atom. The van der Waals surface area contributed by atoms with Gasteiger partial charge >= 0.3 is 0 Å². The van der Waals surface area contributed by atoms with E-state index in [1.807, 2.05) is 12.1 Å². The maximum atomic E-state index is 14.5. The zero-order chi connectivity index (χ0) is 16.2. The molecule has 2 aromatic carbocycles. The van der Waals surface area contributed by atoms with E-state index in [1.54, 1.807) is 18.2 Å². The second kappa shape index (κ2) is 7.25. The average molecular weight is 314 g/mol. The molecule has 122 valence electrons. The molecule has 1 aliphatic carbocycles. The van der Waals surface area contributed by atoms with Gasteiger partial charge in [-0.05, 0) is 66.8 Å². The third-order valence-corrected chi connectivity index (χ3v) is 5.16. The largest absolute Gasteiger partial charge is 0.207 e. The fraction of sp³-hybridized carbons (Fsp3) is 0.429. The highest BCUT2D eigenvalue weighted by molar-refractivity contribution is 5.64. The fourth-order valence-electron chi connectivity index (χ4n) is 3.84. The van der Waals surface area contributed by atoms with Crippen molar-refractivity contribution in [1.82, 2.24) is 0 Å². The zero-order valence-corrected chi connectivity index (χ0v) is 13.7. The Morgan fingerprint density at radius 2 is 1.61 bits per heavy atom. The van der Waals surface area contributed by atoms with Gasteiger partial charge in [-0.2, -0.15) is 0 Å². The van der Waals surface area contributed by atoms with Crippen molar-refractivity contribution < 1.29 is 8.78 Å². The summed E-state index contributed by atoms with van der Waals surface area (Å²) in [5.74, 6) is 0.846. The zero-order valence-electron chi connectivity index (χ0n) is 13.7. The van der Waals surface area contributed by atoms with E-state index in [0.717, 1.165) is 17.0 Å². The quantitative estimate of drug-likeness (QED) is 0.588. The van der Waals surface area contributed by atoms with Crippen molar-refractivity contribution in [2.24, 2.45) is 5.92 Å². The number of hydrogen-bond acceptors (Lipinski definition) is 0. The normalized spacial score (nSPS) is 21.3. The van der Waals surface area contributed by atoms with Gasteiger partial charge in [-0.25, -0.2) is 8.78 Å². The fourth-order valence-corrected chi connectivity index (χ4v) is 3.84. The van der Waals surface area contributed by atoms with Gasteiger partial charge in [0, 0.05) is 5.56 Å². The van der Waals surface area contributed by atoms with Gasteiger partial charge in [0.1, 0.15) is 11.6 Å². The molecule has 2 aromatic rings. The maximum Gasteiger partial charge on any atom is 0.131 e. The van der Waals surface area contributed by atoms with Crippen LogP contribution < -0.4 is 0 Å². The third-order valence-electron chi connectivity index (χ3n) is 5.16. The van der Waals surface area contributed by atoms with E-state index in [-0.39, 0.29) is 11.6 Å². The highest BCUT2D eigenvalue weighted by Gasteiger charge is 2.22. The molecule has 0 heterocycles. The van der Waals surface area contributed by atoms with Gasteiger partial charge in [-0.15, -0.1) is 0 Å². The molecule has 0 atom stereocenters. The Labute approximate surface area is 137 Å². The molecule has 1 fully saturated rings. The first-order valence-corrected chi connectivity index (χ1v) is 8.72. The molecule has 0 unspecified atom stereocenters. The van der Waals surface area contributed by atoms with Crippen molar-refractivity contribution >= 4 is 0 Å². The molecule has 0 aliphatic heterocycles. The van der Waals surface area contributed by atoms with E-state index < -0.39 is 0 Å². The van der Waals surface area contributed by atoms with E-state index in [2.05, 4.69) is 6.92 Å². The minimum Gasteiger partial charge on any atom is -0.207 e. The van der Waals surface area contributed by atoms with E-state index in [4.69, 9.17) is 0 Å². The van der Waals surface area contributed by atoms with Gasteiger partial charge in [0.05, 0.1) is 0 Å². The summed E-state index contributed by atoms with van der Waals surface area (Å²) in [6.07, 6.45) is 7.45. The summed E-state index contributed by atoms with van der Waals surface area (Å²) in [6.45, 7) is 2.25. The van der Waals surface area contributed by atoms with Gasteiger partial charge in [-0.3, -0.25) is 0 Å². The molecular formula is C21H24F2. The minimum atomic E-state index is -0.297. The summed E-state index contributed by atoms with van der Waals surface area (Å²) < 4.78 is 27.5. The first-order valence-electron chi connectivity index (χ1n) is 8.72. The minimum absolute atomic E-state index is 0.204. The van der Waals surface area contributed by atoms with E-state index in [9.17, 15) is 8.78 Å². The van der Waals surface area contributed by atoms with Gasteiger partial charge in [0.2, 0.25) is 0 Å². The van der Waals surface area contributed by atoms with Crippen LogP contribution in [0.3, 0.4) is 0 Å². The van der Waals surface area contributed by atoms with Crippen molar-refractivity contribution in [3.05, 3.63) is 59.7 Å². The molecule has 1 saturated carbocycles. The maximum absolute atomic E-state index is 14.5. The smallest absolute Gasteiger partial charge is 0.131 e. The second-order valence-corrected chi connectivity index (χ2v) is 6.75. The standard InChI is InChI=1S/C21H24F2/c1-2-3-15-4-6-16(7-5-15)18-10-13-20(21(23)14-18)17-8-11-19(22)12-9-17/h8-16H,2-7H2,1H3/t15-,16-. The Bertz CT molecular complexity index is 637. The molecule has 0 amide bonds. The molecule has 0 bridgehead atoms. The van der Waals surface area contributed by atoms with Crippen LogP contribution in [0.2, 0.25) is 0 Å². The first kappa shape index (κ1) is 16.2. The number of hydrogen-bond donors (Lipinski definition) is 0. The molecule has 0 saturated heterocycles. The van der Waals surface area contributed by atoms with E-state index in [1.165, 1.54) is 50.7 Å². The lowest BCUT2D eigenvalue weighted by molar-refractivity contribution is 0.308. The summed E-state index contributed by atoms with van der Waals surface area (Å²) >= 11 is 0. The Balaban J connectivity index is 1.74. The van der Waals surface area contributed by atoms with Crippen molar-refractivity contribution in [2.45, 2.75) is 51.4 Å². The predicted molar refractivity (Wildman–Crippen MR) is 91.4 cm³/mol. The third kappa shape index (κ3) is 3.80. The van der Waals surface area contributed by atoms with Crippen molar-refractivity contribution in [3.8, 4) is 11.1 Å². The van der Waals surface area contributed by atoms with Crippen LogP contribution in [-0.2, 0) is 0 Å². The lowest BCUT2D eigenvalue weighted by Crippen LogP contribution is -2.13. The van der Waals surface area contributed by atoms with Crippen LogP contribution in [0.1, 0.15) is 56.9 Å². The predicted octanol–water partition coefficient (Wildman–Crippen LogP) is 6.71. The lowest BCUT2D eigenvalue weighted by Gasteiger charge is -2.28. The highest BCUT2D eigenvalue weighted by Crippen LogP contribution is 2.38. The summed E-state index contributed by atoms with van der Waals surface area (Å²) in [7, 11) is 0. The number of benzene rings is 2. The number of rotatable bonds is 4. The van der Waals surface area contributed by atoms with Crippen LogP contribution in [0.15, 0.2) is 42.5 Å². The Kier molecular flexibility index (Phi) is 5.09.